The molecular weight excluding hydrogens is 370 g/mol. The molecule has 142 valence electrons. The van der Waals surface area contributed by atoms with Gasteiger partial charge in [-0.15, -0.1) is 10.2 Å². The van der Waals surface area contributed by atoms with Gasteiger partial charge in [0.15, 0.2) is 5.82 Å². The van der Waals surface area contributed by atoms with Crippen LogP contribution in [0.15, 0.2) is 18.2 Å². The number of likely N-dealkylation sites (tertiary alicyclic amines) is 1. The lowest BCUT2D eigenvalue weighted by Crippen LogP contribution is -2.32. The lowest BCUT2D eigenvalue weighted by atomic mass is 10.1. The van der Waals surface area contributed by atoms with Gasteiger partial charge in [-0.2, -0.15) is 0 Å². The fourth-order valence-corrected chi connectivity index (χ4v) is 4.23. The SMILES string of the molecule is O=C(c1ccc([N+](=O)[O-])cc1Cl)N1CCCC1c1nnc2n1CCCCC2. The molecule has 1 aromatic carbocycles. The Bertz CT molecular complexity index is 897. The predicted molar refractivity (Wildman–Crippen MR) is 98.7 cm³/mol. The summed E-state index contributed by atoms with van der Waals surface area (Å²) < 4.78 is 2.17. The van der Waals surface area contributed by atoms with Crippen LogP contribution in [0, 0.1) is 10.1 Å². The molecule has 9 heteroatoms. The van der Waals surface area contributed by atoms with Crippen molar-refractivity contribution in [3.05, 3.63) is 50.5 Å². The van der Waals surface area contributed by atoms with Crippen molar-refractivity contribution in [2.45, 2.75) is 51.1 Å². The molecule has 0 N–H and O–H groups in total. The summed E-state index contributed by atoms with van der Waals surface area (Å²) in [5.41, 5.74) is 0.155. The van der Waals surface area contributed by atoms with Gasteiger partial charge in [0.1, 0.15) is 5.82 Å². The number of nitro groups is 1. The highest BCUT2D eigenvalue weighted by Crippen LogP contribution is 2.35. The van der Waals surface area contributed by atoms with E-state index in [9.17, 15) is 14.9 Å². The maximum Gasteiger partial charge on any atom is 0.270 e. The molecular formula is C18H20ClN5O3. The van der Waals surface area contributed by atoms with Crippen LogP contribution in [0.1, 0.15) is 60.2 Å². The van der Waals surface area contributed by atoms with Crippen molar-refractivity contribution in [2.75, 3.05) is 6.54 Å². The highest BCUT2D eigenvalue weighted by molar-refractivity contribution is 6.34. The molecule has 1 unspecified atom stereocenters. The zero-order valence-corrected chi connectivity index (χ0v) is 15.6. The van der Waals surface area contributed by atoms with E-state index in [0.29, 0.717) is 6.54 Å². The van der Waals surface area contributed by atoms with E-state index in [2.05, 4.69) is 14.8 Å². The molecule has 2 aromatic rings. The zero-order valence-electron chi connectivity index (χ0n) is 14.8. The van der Waals surface area contributed by atoms with Crippen molar-refractivity contribution in [2.24, 2.45) is 0 Å². The maximum atomic E-state index is 13.1. The Morgan fingerprint density at radius 2 is 2.04 bits per heavy atom. The molecule has 0 saturated carbocycles. The number of non-ortho nitro benzene ring substituents is 1. The fraction of sp³-hybridized carbons (Fsp3) is 0.500. The smallest absolute Gasteiger partial charge is 0.270 e. The number of carbonyl (C=O) groups is 1. The largest absolute Gasteiger partial charge is 0.328 e. The van der Waals surface area contributed by atoms with Gasteiger partial charge in [0.2, 0.25) is 0 Å². The lowest BCUT2D eigenvalue weighted by Gasteiger charge is -2.25. The second-order valence-corrected chi connectivity index (χ2v) is 7.42. The van der Waals surface area contributed by atoms with Gasteiger partial charge >= 0.3 is 0 Å². The molecule has 0 spiro atoms. The molecule has 1 saturated heterocycles. The lowest BCUT2D eigenvalue weighted by molar-refractivity contribution is -0.384. The molecule has 1 amide bonds. The number of nitro benzene ring substituents is 1. The van der Waals surface area contributed by atoms with Crippen LogP contribution in [-0.4, -0.2) is 37.0 Å². The number of aromatic nitrogens is 3. The van der Waals surface area contributed by atoms with E-state index < -0.39 is 4.92 Å². The first kappa shape index (κ1) is 17.9. The summed E-state index contributed by atoms with van der Waals surface area (Å²) >= 11 is 6.17. The number of hydrogen-bond donors (Lipinski definition) is 0. The number of fused-ring (bicyclic) bond motifs is 1. The van der Waals surface area contributed by atoms with Crippen LogP contribution >= 0.6 is 11.6 Å². The highest BCUT2D eigenvalue weighted by Gasteiger charge is 2.35. The minimum absolute atomic E-state index is 0.0972. The molecule has 2 aliphatic rings. The van der Waals surface area contributed by atoms with Gasteiger partial charge in [-0.25, -0.2) is 0 Å². The van der Waals surface area contributed by atoms with Crippen LogP contribution in [-0.2, 0) is 13.0 Å². The molecule has 0 radical (unpaired) electrons. The number of aryl methyl sites for hydroxylation is 1. The zero-order chi connectivity index (χ0) is 19.0. The molecule has 3 heterocycles. The van der Waals surface area contributed by atoms with Crippen molar-refractivity contribution in [3.8, 4) is 0 Å². The summed E-state index contributed by atoms with van der Waals surface area (Å²) in [6.45, 7) is 1.49. The maximum absolute atomic E-state index is 13.1. The monoisotopic (exact) mass is 389 g/mol. The summed E-state index contributed by atoms with van der Waals surface area (Å²) in [6, 6.07) is 3.83. The van der Waals surface area contributed by atoms with Gasteiger partial charge in [-0.3, -0.25) is 14.9 Å². The van der Waals surface area contributed by atoms with Crippen molar-refractivity contribution in [3.63, 3.8) is 0 Å². The van der Waals surface area contributed by atoms with E-state index in [4.69, 9.17) is 11.6 Å². The normalized spacial score (nSPS) is 19.6. The second kappa shape index (κ2) is 7.26. The van der Waals surface area contributed by atoms with E-state index in [-0.39, 0.29) is 28.2 Å². The molecule has 27 heavy (non-hydrogen) atoms. The summed E-state index contributed by atoms with van der Waals surface area (Å²) in [4.78, 5) is 25.3. The Balaban J connectivity index is 1.63. The molecule has 0 bridgehead atoms. The predicted octanol–water partition coefficient (Wildman–Crippen LogP) is 3.54. The third-order valence-corrected chi connectivity index (χ3v) is 5.66. The topological polar surface area (TPSA) is 94.2 Å². The minimum atomic E-state index is -0.524. The first-order valence-electron chi connectivity index (χ1n) is 9.23. The van der Waals surface area contributed by atoms with Crippen molar-refractivity contribution in [1.82, 2.24) is 19.7 Å². The molecule has 0 aliphatic carbocycles. The summed E-state index contributed by atoms with van der Waals surface area (Å²) in [5.74, 6) is 1.62. The summed E-state index contributed by atoms with van der Waals surface area (Å²) in [5, 5.41) is 19.7. The third kappa shape index (κ3) is 3.29. The van der Waals surface area contributed by atoms with Crippen LogP contribution in [0.25, 0.3) is 0 Å². The second-order valence-electron chi connectivity index (χ2n) is 7.01. The summed E-state index contributed by atoms with van der Waals surface area (Å²) in [6.07, 6.45) is 6.00. The third-order valence-electron chi connectivity index (χ3n) is 5.34. The number of nitrogens with zero attached hydrogens (tertiary/aromatic N) is 5. The Hall–Kier alpha value is -2.48. The van der Waals surface area contributed by atoms with Crippen LogP contribution in [0.3, 0.4) is 0 Å². The van der Waals surface area contributed by atoms with Crippen LogP contribution in [0.2, 0.25) is 5.02 Å². The van der Waals surface area contributed by atoms with Crippen LogP contribution < -0.4 is 0 Å². The molecule has 2 aliphatic heterocycles. The molecule has 1 fully saturated rings. The Morgan fingerprint density at radius 1 is 1.19 bits per heavy atom. The van der Waals surface area contributed by atoms with E-state index >= 15 is 0 Å². The fourth-order valence-electron chi connectivity index (χ4n) is 3.98. The van der Waals surface area contributed by atoms with Crippen molar-refractivity contribution < 1.29 is 9.72 Å². The van der Waals surface area contributed by atoms with Gasteiger partial charge in [0.25, 0.3) is 11.6 Å². The quantitative estimate of drug-likeness (QED) is 0.591. The van der Waals surface area contributed by atoms with Crippen LogP contribution in [0.5, 0.6) is 0 Å². The first-order chi connectivity index (χ1) is 13.1. The molecule has 1 atom stereocenters. The van der Waals surface area contributed by atoms with E-state index in [1.165, 1.54) is 24.6 Å². The minimum Gasteiger partial charge on any atom is -0.328 e. The number of carbonyl (C=O) groups excluding carboxylic acids is 1. The van der Waals surface area contributed by atoms with Gasteiger partial charge < -0.3 is 9.47 Å². The number of amides is 1. The first-order valence-corrected chi connectivity index (χ1v) is 9.61. The van der Waals surface area contributed by atoms with Gasteiger partial charge in [-0.1, -0.05) is 18.0 Å². The highest BCUT2D eigenvalue weighted by atomic mass is 35.5. The molecule has 8 nitrogen and oxygen atoms in total. The van der Waals surface area contributed by atoms with Crippen molar-refractivity contribution >= 4 is 23.2 Å². The Labute approximate surface area is 161 Å². The van der Waals surface area contributed by atoms with Gasteiger partial charge in [0, 0.05) is 31.6 Å². The average molecular weight is 390 g/mol. The number of benzene rings is 1. The Kier molecular flexibility index (Phi) is 4.82. The van der Waals surface area contributed by atoms with Gasteiger partial charge in [-0.05, 0) is 31.7 Å². The molecule has 1 aromatic heterocycles. The van der Waals surface area contributed by atoms with Gasteiger partial charge in [0.05, 0.1) is 21.6 Å². The summed E-state index contributed by atoms with van der Waals surface area (Å²) in [7, 11) is 0. The van der Waals surface area contributed by atoms with E-state index in [1.54, 1.807) is 4.90 Å². The Morgan fingerprint density at radius 3 is 2.81 bits per heavy atom. The standard InChI is InChI=1S/C18H20ClN5O3/c19-14-11-12(24(26)27)7-8-13(14)18(25)22-10-4-5-15(22)17-21-20-16-6-2-1-3-9-23(16)17/h7-8,11,15H,1-6,9-10H2. The average Bonchev–Trinajstić information content (AvgIpc) is 3.21. The van der Waals surface area contributed by atoms with Crippen molar-refractivity contribution in [1.29, 1.82) is 0 Å². The van der Waals surface area contributed by atoms with Crippen LogP contribution in [0.4, 0.5) is 5.69 Å². The number of halogens is 1. The number of hydrogen-bond acceptors (Lipinski definition) is 5. The molecule has 4 rings (SSSR count). The van der Waals surface area contributed by atoms with E-state index in [0.717, 1.165) is 50.3 Å². The number of rotatable bonds is 3. The van der Waals surface area contributed by atoms with E-state index in [1.807, 2.05) is 0 Å².